The number of hydrogen-bond donors (Lipinski definition) is 0. The average molecular weight is 484 g/mol. The molecule has 0 bridgehead atoms. The van der Waals surface area contributed by atoms with Gasteiger partial charge in [-0.05, 0) is 44.5 Å². The lowest BCUT2D eigenvalue weighted by Crippen LogP contribution is -2.16. The van der Waals surface area contributed by atoms with Crippen LogP contribution in [0, 0.1) is 19.7 Å². The molecule has 0 saturated carbocycles. The lowest BCUT2D eigenvalue weighted by atomic mass is 10.1. The molecule has 0 amide bonds. The molecule has 1 saturated heterocycles. The second kappa shape index (κ2) is 8.03. The smallest absolute Gasteiger partial charge is 0.350 e. The lowest BCUT2D eigenvalue weighted by molar-refractivity contribution is 0.0479. The van der Waals surface area contributed by atoms with Crippen LogP contribution in [-0.2, 0) is 14.6 Å². The Bertz CT molecular complexity index is 1330. The van der Waals surface area contributed by atoms with Crippen molar-refractivity contribution in [3.05, 3.63) is 56.9 Å². The van der Waals surface area contributed by atoms with Crippen LogP contribution in [-0.4, -0.2) is 42.9 Å². The van der Waals surface area contributed by atoms with E-state index in [1.165, 1.54) is 18.2 Å². The second-order valence-electron chi connectivity index (χ2n) is 7.60. The molecule has 1 unspecified atom stereocenters. The van der Waals surface area contributed by atoms with Crippen LogP contribution in [0.25, 0.3) is 10.1 Å². The first-order chi connectivity index (χ1) is 14.6. The van der Waals surface area contributed by atoms with Crippen molar-refractivity contribution in [1.29, 1.82) is 0 Å². The number of hydrogen-bond acceptors (Lipinski definition) is 6. The third kappa shape index (κ3) is 4.14. The standard InChI is InChI=1S/C21H19ClFNO5S2/c1-11-7-16(12(2)24(11)14-5-6-31(27,28)10-14)17(25)9-29-21(26)20-19(22)15-4-3-13(23)8-18(15)30-20/h3-4,7-8,14H,5-6,9-10H2,1-2H3. The summed E-state index contributed by atoms with van der Waals surface area (Å²) in [5.41, 5.74) is 1.82. The quantitative estimate of drug-likeness (QED) is 0.394. The highest BCUT2D eigenvalue weighted by Gasteiger charge is 2.32. The highest BCUT2D eigenvalue weighted by Crippen LogP contribution is 2.36. The number of thiophene rings is 1. The minimum Gasteiger partial charge on any atom is -0.453 e. The van der Waals surface area contributed by atoms with E-state index in [1.54, 1.807) is 13.0 Å². The zero-order valence-corrected chi connectivity index (χ0v) is 19.2. The van der Waals surface area contributed by atoms with E-state index in [4.69, 9.17) is 16.3 Å². The van der Waals surface area contributed by atoms with Crippen molar-refractivity contribution in [3.63, 3.8) is 0 Å². The number of nitrogens with zero attached hydrogens (tertiary/aromatic N) is 1. The number of ether oxygens (including phenoxy) is 1. The summed E-state index contributed by atoms with van der Waals surface area (Å²) in [5.74, 6) is -1.40. The molecule has 1 aliphatic heterocycles. The van der Waals surface area contributed by atoms with E-state index in [-0.39, 0.29) is 27.4 Å². The van der Waals surface area contributed by atoms with Crippen LogP contribution in [0.4, 0.5) is 4.39 Å². The maximum atomic E-state index is 13.4. The normalized spacial score (nSPS) is 17.9. The first-order valence-electron chi connectivity index (χ1n) is 9.54. The number of fused-ring (bicyclic) bond motifs is 1. The predicted octanol–water partition coefficient (Wildman–Crippen LogP) is 4.51. The van der Waals surface area contributed by atoms with Crippen LogP contribution in [0.15, 0.2) is 24.3 Å². The fourth-order valence-electron chi connectivity index (χ4n) is 4.04. The number of carbonyl (C=O) groups excluding carboxylic acids is 2. The number of rotatable bonds is 5. The molecule has 2 aromatic heterocycles. The summed E-state index contributed by atoms with van der Waals surface area (Å²) in [6.07, 6.45) is 0.506. The first kappa shape index (κ1) is 22.0. The van der Waals surface area contributed by atoms with Crippen molar-refractivity contribution < 1.29 is 27.1 Å². The first-order valence-corrected chi connectivity index (χ1v) is 12.6. The number of benzene rings is 1. The zero-order chi connectivity index (χ0) is 22.5. The van der Waals surface area contributed by atoms with E-state index in [0.29, 0.717) is 27.8 Å². The Labute approximate surface area is 187 Å². The molecule has 31 heavy (non-hydrogen) atoms. The van der Waals surface area contributed by atoms with Crippen LogP contribution >= 0.6 is 22.9 Å². The summed E-state index contributed by atoms with van der Waals surface area (Å²) >= 11 is 7.23. The molecule has 1 atom stereocenters. The van der Waals surface area contributed by atoms with E-state index >= 15 is 0 Å². The Morgan fingerprint density at radius 2 is 2.03 bits per heavy atom. The molecule has 3 heterocycles. The van der Waals surface area contributed by atoms with Gasteiger partial charge in [-0.15, -0.1) is 11.3 Å². The van der Waals surface area contributed by atoms with Crippen molar-refractivity contribution >= 4 is 54.6 Å². The summed E-state index contributed by atoms with van der Waals surface area (Å²) in [7, 11) is -3.07. The van der Waals surface area contributed by atoms with Crippen LogP contribution in [0.2, 0.25) is 5.02 Å². The van der Waals surface area contributed by atoms with E-state index < -0.39 is 34.0 Å². The van der Waals surface area contributed by atoms with Crippen LogP contribution in [0.3, 0.4) is 0 Å². The van der Waals surface area contributed by atoms with Gasteiger partial charge in [-0.25, -0.2) is 17.6 Å². The maximum absolute atomic E-state index is 13.4. The Morgan fingerprint density at radius 3 is 2.71 bits per heavy atom. The fraction of sp³-hybridized carbons (Fsp3) is 0.333. The summed E-state index contributed by atoms with van der Waals surface area (Å²) in [4.78, 5) is 25.3. The molecule has 1 aliphatic rings. The second-order valence-corrected chi connectivity index (χ2v) is 11.3. The van der Waals surface area contributed by atoms with Gasteiger partial charge in [0.2, 0.25) is 5.78 Å². The number of halogens is 2. The van der Waals surface area contributed by atoms with Gasteiger partial charge in [-0.1, -0.05) is 11.6 Å². The topological polar surface area (TPSA) is 82.4 Å². The van der Waals surface area contributed by atoms with Crippen molar-refractivity contribution in [2.45, 2.75) is 26.3 Å². The van der Waals surface area contributed by atoms with E-state index in [9.17, 15) is 22.4 Å². The number of Topliss-reactive ketones (excluding diaryl/α,β-unsaturated/α-hetero) is 1. The Morgan fingerprint density at radius 1 is 1.29 bits per heavy atom. The third-order valence-electron chi connectivity index (χ3n) is 5.47. The minimum absolute atomic E-state index is 0.0526. The third-order valence-corrected chi connectivity index (χ3v) is 8.86. The number of carbonyl (C=O) groups is 2. The number of aryl methyl sites for hydroxylation is 1. The van der Waals surface area contributed by atoms with Gasteiger partial charge in [0.25, 0.3) is 0 Å². The van der Waals surface area contributed by atoms with Crippen LogP contribution in [0.5, 0.6) is 0 Å². The molecule has 6 nitrogen and oxygen atoms in total. The molecular weight excluding hydrogens is 465 g/mol. The Balaban J connectivity index is 1.50. The van der Waals surface area contributed by atoms with E-state index in [2.05, 4.69) is 0 Å². The summed E-state index contributed by atoms with van der Waals surface area (Å²) in [5, 5.41) is 0.708. The van der Waals surface area contributed by atoms with Gasteiger partial charge < -0.3 is 9.30 Å². The summed E-state index contributed by atoms with van der Waals surface area (Å²) in [6.45, 7) is 3.09. The predicted molar refractivity (Wildman–Crippen MR) is 118 cm³/mol. The molecule has 0 aliphatic carbocycles. The van der Waals surface area contributed by atoms with Gasteiger partial charge in [0.15, 0.2) is 16.4 Å². The molecule has 10 heteroatoms. The lowest BCUT2D eigenvalue weighted by Gasteiger charge is -2.16. The van der Waals surface area contributed by atoms with Crippen molar-refractivity contribution in [2.75, 3.05) is 18.1 Å². The van der Waals surface area contributed by atoms with Gasteiger partial charge in [0, 0.05) is 33.1 Å². The van der Waals surface area contributed by atoms with Crippen molar-refractivity contribution in [2.24, 2.45) is 0 Å². The molecule has 1 aromatic carbocycles. The highest BCUT2D eigenvalue weighted by molar-refractivity contribution is 7.91. The number of aromatic nitrogens is 1. The Kier molecular flexibility index (Phi) is 5.70. The summed E-state index contributed by atoms with van der Waals surface area (Å²) < 4.78 is 44.6. The van der Waals surface area contributed by atoms with E-state index in [0.717, 1.165) is 17.0 Å². The number of ketones is 1. The van der Waals surface area contributed by atoms with Gasteiger partial charge >= 0.3 is 5.97 Å². The molecule has 0 N–H and O–H groups in total. The molecular formula is C21H19ClFNO5S2. The van der Waals surface area contributed by atoms with Gasteiger partial charge in [-0.2, -0.15) is 0 Å². The molecule has 4 rings (SSSR count). The fourth-order valence-corrected chi connectivity index (χ4v) is 7.17. The largest absolute Gasteiger partial charge is 0.453 e. The van der Waals surface area contributed by atoms with Crippen LogP contribution in [0.1, 0.15) is 43.9 Å². The van der Waals surface area contributed by atoms with Crippen molar-refractivity contribution in [1.82, 2.24) is 4.57 Å². The molecule has 3 aromatic rings. The van der Waals surface area contributed by atoms with Crippen molar-refractivity contribution in [3.8, 4) is 0 Å². The minimum atomic E-state index is -3.07. The SMILES string of the molecule is Cc1cc(C(=O)COC(=O)c2sc3cc(F)ccc3c2Cl)c(C)n1C1CCS(=O)(=O)C1. The number of sulfone groups is 1. The zero-order valence-electron chi connectivity index (χ0n) is 16.8. The highest BCUT2D eigenvalue weighted by atomic mass is 35.5. The number of esters is 1. The summed E-state index contributed by atoms with van der Waals surface area (Å²) in [6, 6.07) is 5.51. The molecule has 1 fully saturated rings. The molecule has 0 spiro atoms. The van der Waals surface area contributed by atoms with Gasteiger partial charge in [-0.3, -0.25) is 4.79 Å². The molecule has 0 radical (unpaired) electrons. The maximum Gasteiger partial charge on any atom is 0.350 e. The monoisotopic (exact) mass is 483 g/mol. The van der Waals surface area contributed by atoms with Gasteiger partial charge in [0.05, 0.1) is 16.5 Å². The van der Waals surface area contributed by atoms with E-state index in [1.807, 2.05) is 11.5 Å². The molecule has 164 valence electrons. The van der Waals surface area contributed by atoms with Crippen LogP contribution < -0.4 is 0 Å². The van der Waals surface area contributed by atoms with Gasteiger partial charge in [0.1, 0.15) is 10.7 Å². The Hall–Kier alpha value is -2.23. The average Bonchev–Trinajstić information content (AvgIpc) is 3.32.